The summed E-state index contributed by atoms with van der Waals surface area (Å²) in [6.45, 7) is 5.98. The molecule has 0 bridgehead atoms. The van der Waals surface area contributed by atoms with Crippen molar-refractivity contribution in [1.29, 1.82) is 0 Å². The molecule has 1 aliphatic heterocycles. The number of aromatic nitrogens is 3. The summed E-state index contributed by atoms with van der Waals surface area (Å²) in [5.74, 6) is 0.904. The molecule has 2 aromatic rings. The Morgan fingerprint density at radius 1 is 1.29 bits per heavy atom. The highest BCUT2D eigenvalue weighted by molar-refractivity contribution is 5.85. The van der Waals surface area contributed by atoms with E-state index in [1.165, 1.54) is 0 Å². The lowest BCUT2D eigenvalue weighted by molar-refractivity contribution is -0.127. The van der Waals surface area contributed by atoms with Crippen LogP contribution in [0.15, 0.2) is 30.5 Å². The van der Waals surface area contributed by atoms with Crippen molar-refractivity contribution in [3.8, 4) is 5.75 Å². The minimum atomic E-state index is -0.417. The number of Topliss-reactive ketones (excluding diaryl/α,β-unsaturated/α-hetero) is 1. The van der Waals surface area contributed by atoms with Crippen LogP contribution in [0.4, 0.5) is 0 Å². The van der Waals surface area contributed by atoms with E-state index in [9.17, 15) is 9.90 Å². The SMILES string of the molecule is CC(C)C[C@H](N)c1cn([C@@H](Cc2ccc(O)cc2)C(=O)C2CCNCC2)nn1. The summed E-state index contributed by atoms with van der Waals surface area (Å²) in [5.41, 5.74) is 7.97. The predicted octanol–water partition coefficient (Wildman–Crippen LogP) is 2.38. The normalized spacial score (nSPS) is 17.6. The summed E-state index contributed by atoms with van der Waals surface area (Å²) in [6, 6.07) is 6.39. The maximum atomic E-state index is 13.3. The number of nitrogens with zero attached hydrogens (tertiary/aromatic N) is 3. The van der Waals surface area contributed by atoms with Crippen molar-refractivity contribution in [3.05, 3.63) is 41.7 Å². The highest BCUT2D eigenvalue weighted by Crippen LogP contribution is 2.26. The first-order valence-corrected chi connectivity index (χ1v) is 10.1. The molecule has 1 aromatic carbocycles. The number of carbonyl (C=O) groups excluding carboxylic acids is 1. The Labute approximate surface area is 166 Å². The number of piperidine rings is 1. The molecule has 2 heterocycles. The zero-order valence-corrected chi connectivity index (χ0v) is 16.7. The van der Waals surface area contributed by atoms with Crippen LogP contribution >= 0.6 is 0 Å². The monoisotopic (exact) mass is 385 g/mol. The molecular weight excluding hydrogens is 354 g/mol. The van der Waals surface area contributed by atoms with Crippen LogP contribution in [0.3, 0.4) is 0 Å². The van der Waals surface area contributed by atoms with E-state index in [1.807, 2.05) is 18.3 Å². The van der Waals surface area contributed by atoms with Crippen molar-refractivity contribution in [3.63, 3.8) is 0 Å². The molecule has 0 unspecified atom stereocenters. The molecule has 0 spiro atoms. The molecule has 1 saturated heterocycles. The Kier molecular flexibility index (Phi) is 6.80. The number of aromatic hydroxyl groups is 1. The van der Waals surface area contributed by atoms with Crippen LogP contribution < -0.4 is 11.1 Å². The van der Waals surface area contributed by atoms with E-state index in [2.05, 4.69) is 29.5 Å². The first kappa shape index (κ1) is 20.5. The fourth-order valence-corrected chi connectivity index (χ4v) is 3.80. The van der Waals surface area contributed by atoms with Crippen LogP contribution in [-0.4, -0.2) is 39.0 Å². The van der Waals surface area contributed by atoms with Crippen LogP contribution in [0.1, 0.15) is 56.5 Å². The second kappa shape index (κ2) is 9.30. The van der Waals surface area contributed by atoms with Gasteiger partial charge in [-0.3, -0.25) is 4.79 Å². The molecule has 1 fully saturated rings. The molecule has 0 amide bonds. The van der Waals surface area contributed by atoms with Gasteiger partial charge in [-0.2, -0.15) is 0 Å². The summed E-state index contributed by atoms with van der Waals surface area (Å²) < 4.78 is 1.69. The van der Waals surface area contributed by atoms with Crippen molar-refractivity contribution in [2.75, 3.05) is 13.1 Å². The molecule has 1 aliphatic rings. The number of hydrogen-bond acceptors (Lipinski definition) is 6. The zero-order chi connectivity index (χ0) is 20.1. The molecule has 4 N–H and O–H groups in total. The number of phenols is 1. The summed E-state index contributed by atoms with van der Waals surface area (Å²) in [5, 5.41) is 21.4. The van der Waals surface area contributed by atoms with Gasteiger partial charge >= 0.3 is 0 Å². The van der Waals surface area contributed by atoms with E-state index in [4.69, 9.17) is 5.73 Å². The van der Waals surface area contributed by atoms with E-state index in [-0.39, 0.29) is 23.5 Å². The van der Waals surface area contributed by atoms with E-state index >= 15 is 0 Å². The second-order valence-corrected chi connectivity index (χ2v) is 8.17. The molecule has 0 saturated carbocycles. The van der Waals surface area contributed by atoms with Gasteiger partial charge in [0, 0.05) is 12.3 Å². The number of phenolic OH excluding ortho intramolecular Hbond substituents is 1. The molecule has 0 radical (unpaired) electrons. The number of hydrogen-bond donors (Lipinski definition) is 3. The van der Waals surface area contributed by atoms with Gasteiger partial charge in [0.05, 0.1) is 17.9 Å². The molecule has 28 heavy (non-hydrogen) atoms. The molecule has 1 aromatic heterocycles. The van der Waals surface area contributed by atoms with Crippen LogP contribution in [0.5, 0.6) is 5.75 Å². The Balaban J connectivity index is 1.83. The zero-order valence-electron chi connectivity index (χ0n) is 16.7. The number of carbonyl (C=O) groups is 1. The summed E-state index contributed by atoms with van der Waals surface area (Å²) in [4.78, 5) is 13.3. The molecule has 3 rings (SSSR count). The largest absolute Gasteiger partial charge is 0.508 e. The highest BCUT2D eigenvalue weighted by Gasteiger charge is 2.31. The van der Waals surface area contributed by atoms with Crippen LogP contribution in [0.25, 0.3) is 0 Å². The van der Waals surface area contributed by atoms with E-state index < -0.39 is 6.04 Å². The van der Waals surface area contributed by atoms with Crippen molar-refractivity contribution in [1.82, 2.24) is 20.3 Å². The number of benzene rings is 1. The standard InChI is InChI=1S/C21H31N5O2/c1-14(2)11-18(22)19-13-26(25-24-19)20(12-15-3-5-17(27)6-4-15)21(28)16-7-9-23-10-8-16/h3-6,13-14,16,18,20,23,27H,7-12,22H2,1-2H3/t18-,20-/m0/s1. The van der Waals surface area contributed by atoms with Crippen molar-refractivity contribution in [2.45, 2.75) is 51.6 Å². The third kappa shape index (κ3) is 5.17. The average Bonchev–Trinajstić information content (AvgIpc) is 3.17. The highest BCUT2D eigenvalue weighted by atomic mass is 16.3. The van der Waals surface area contributed by atoms with Gasteiger partial charge in [-0.15, -0.1) is 5.10 Å². The van der Waals surface area contributed by atoms with Gasteiger partial charge < -0.3 is 16.2 Å². The van der Waals surface area contributed by atoms with Crippen LogP contribution in [-0.2, 0) is 11.2 Å². The second-order valence-electron chi connectivity index (χ2n) is 8.17. The maximum absolute atomic E-state index is 13.3. The van der Waals surface area contributed by atoms with Gasteiger partial charge in [0.25, 0.3) is 0 Å². The van der Waals surface area contributed by atoms with Crippen molar-refractivity contribution in [2.24, 2.45) is 17.6 Å². The summed E-state index contributed by atoms with van der Waals surface area (Å²) in [7, 11) is 0. The lowest BCUT2D eigenvalue weighted by atomic mass is 9.87. The fourth-order valence-electron chi connectivity index (χ4n) is 3.80. The first-order valence-electron chi connectivity index (χ1n) is 10.1. The van der Waals surface area contributed by atoms with Gasteiger partial charge in [-0.05, 0) is 56.0 Å². The van der Waals surface area contributed by atoms with E-state index in [0.717, 1.165) is 43.6 Å². The van der Waals surface area contributed by atoms with Crippen LogP contribution in [0.2, 0.25) is 0 Å². The van der Waals surface area contributed by atoms with Gasteiger partial charge in [-0.25, -0.2) is 4.68 Å². The summed E-state index contributed by atoms with van der Waals surface area (Å²) in [6.07, 6.45) is 4.87. The Bertz CT molecular complexity index is 765. The lowest BCUT2D eigenvalue weighted by Gasteiger charge is -2.26. The third-order valence-electron chi connectivity index (χ3n) is 5.39. The maximum Gasteiger partial charge on any atom is 0.160 e. The van der Waals surface area contributed by atoms with Gasteiger partial charge in [0.15, 0.2) is 5.78 Å². The number of ketones is 1. The van der Waals surface area contributed by atoms with E-state index in [1.54, 1.807) is 16.8 Å². The van der Waals surface area contributed by atoms with Crippen LogP contribution in [0, 0.1) is 11.8 Å². The minimum Gasteiger partial charge on any atom is -0.508 e. The third-order valence-corrected chi connectivity index (χ3v) is 5.39. The van der Waals surface area contributed by atoms with E-state index in [0.29, 0.717) is 12.3 Å². The van der Waals surface area contributed by atoms with Crippen molar-refractivity contribution < 1.29 is 9.90 Å². The number of nitrogens with one attached hydrogen (secondary N) is 1. The topological polar surface area (TPSA) is 106 Å². The molecule has 152 valence electrons. The quantitative estimate of drug-likeness (QED) is 0.644. The average molecular weight is 386 g/mol. The van der Waals surface area contributed by atoms with Crippen molar-refractivity contribution >= 4 is 5.78 Å². The summed E-state index contributed by atoms with van der Waals surface area (Å²) >= 11 is 0. The number of nitrogens with two attached hydrogens (primary N) is 1. The van der Waals surface area contributed by atoms with Gasteiger partial charge in [-0.1, -0.05) is 31.2 Å². The predicted molar refractivity (Wildman–Crippen MR) is 108 cm³/mol. The lowest BCUT2D eigenvalue weighted by Crippen LogP contribution is -2.36. The molecule has 7 heteroatoms. The molecule has 0 aliphatic carbocycles. The Morgan fingerprint density at radius 3 is 2.61 bits per heavy atom. The molecular formula is C21H31N5O2. The first-order chi connectivity index (χ1) is 13.4. The Morgan fingerprint density at radius 2 is 1.96 bits per heavy atom. The Hall–Kier alpha value is -2.25. The van der Waals surface area contributed by atoms with Gasteiger partial charge in [0.1, 0.15) is 11.8 Å². The number of rotatable bonds is 8. The molecule has 7 nitrogen and oxygen atoms in total. The minimum absolute atomic E-state index is 0.0281. The molecule has 2 atom stereocenters. The van der Waals surface area contributed by atoms with Gasteiger partial charge in [0.2, 0.25) is 0 Å². The smallest absolute Gasteiger partial charge is 0.160 e. The fraction of sp³-hybridized carbons (Fsp3) is 0.571.